The first kappa shape index (κ1) is 21.8. The van der Waals surface area contributed by atoms with Gasteiger partial charge in [-0.2, -0.15) is 0 Å². The summed E-state index contributed by atoms with van der Waals surface area (Å²) < 4.78 is 13.1. The lowest BCUT2D eigenvalue weighted by Crippen LogP contribution is -2.28. The molecule has 1 amide bonds. The molecule has 0 spiro atoms. The van der Waals surface area contributed by atoms with Crippen LogP contribution in [0.15, 0.2) is 72.8 Å². The number of aliphatic hydroxyl groups excluding tert-OH is 1. The van der Waals surface area contributed by atoms with Crippen LogP contribution < -0.4 is 4.90 Å². The summed E-state index contributed by atoms with van der Waals surface area (Å²) in [7, 11) is 0. The average Bonchev–Trinajstić information content (AvgIpc) is 3.10. The van der Waals surface area contributed by atoms with E-state index in [1.54, 1.807) is 23.1 Å². The summed E-state index contributed by atoms with van der Waals surface area (Å²) in [5.74, 6) is -0.540. The van der Waals surface area contributed by atoms with Gasteiger partial charge in [-0.05, 0) is 60.7 Å². The monoisotopic (exact) mass is 435 g/mol. The van der Waals surface area contributed by atoms with Gasteiger partial charge in [0.25, 0.3) is 0 Å². The smallest absolute Gasteiger partial charge is 0.227 e. The maximum Gasteiger partial charge on any atom is 0.227 e. The Kier molecular flexibility index (Phi) is 6.42. The predicted molar refractivity (Wildman–Crippen MR) is 120 cm³/mol. The van der Waals surface area contributed by atoms with E-state index in [2.05, 4.69) is 0 Å². The molecule has 6 heteroatoms. The number of carbonyl (C=O) groups excluding carboxylic acids is 1. The number of phenolic OH excluding ortho intramolecular Hbond substituents is 2. The molecule has 1 saturated heterocycles. The summed E-state index contributed by atoms with van der Waals surface area (Å²) in [4.78, 5) is 14.7. The Morgan fingerprint density at radius 3 is 2.41 bits per heavy atom. The van der Waals surface area contributed by atoms with Crippen molar-refractivity contribution in [1.82, 2.24) is 0 Å². The highest BCUT2D eigenvalue weighted by Gasteiger charge is 2.42. The van der Waals surface area contributed by atoms with Crippen molar-refractivity contribution in [2.24, 2.45) is 5.92 Å². The molecule has 0 unspecified atom stereocenters. The molecule has 3 N–H and O–H groups in total. The zero-order valence-electron chi connectivity index (χ0n) is 17.6. The van der Waals surface area contributed by atoms with Gasteiger partial charge >= 0.3 is 0 Å². The number of hydrogen-bond donors (Lipinski definition) is 3. The first-order valence-corrected chi connectivity index (χ1v) is 10.8. The van der Waals surface area contributed by atoms with Gasteiger partial charge in [-0.3, -0.25) is 4.79 Å². The third-order valence-electron chi connectivity index (χ3n) is 6.10. The molecular formula is C26H26FNO4. The van der Waals surface area contributed by atoms with E-state index in [1.807, 2.05) is 30.3 Å². The molecule has 32 heavy (non-hydrogen) atoms. The second kappa shape index (κ2) is 9.40. The minimum atomic E-state index is -0.710. The van der Waals surface area contributed by atoms with E-state index in [-0.39, 0.29) is 35.2 Å². The van der Waals surface area contributed by atoms with Crippen molar-refractivity contribution in [2.75, 3.05) is 4.90 Å². The van der Waals surface area contributed by atoms with Crippen molar-refractivity contribution >= 4 is 11.6 Å². The molecule has 1 aliphatic rings. The average molecular weight is 435 g/mol. The predicted octanol–water partition coefficient (Wildman–Crippen LogP) is 5.24. The van der Waals surface area contributed by atoms with Crippen LogP contribution in [0.1, 0.15) is 49.0 Å². The number of para-hydroxylation sites is 1. The molecule has 0 bridgehead atoms. The molecule has 4 rings (SSSR count). The van der Waals surface area contributed by atoms with Crippen LogP contribution in [-0.2, 0) is 4.79 Å². The van der Waals surface area contributed by atoms with Crippen LogP contribution in [0.3, 0.4) is 0 Å². The number of anilines is 1. The van der Waals surface area contributed by atoms with E-state index in [4.69, 9.17) is 0 Å². The van der Waals surface area contributed by atoms with Gasteiger partial charge < -0.3 is 20.2 Å². The third-order valence-corrected chi connectivity index (χ3v) is 6.10. The molecule has 0 aliphatic carbocycles. The number of carbonyl (C=O) groups is 1. The largest absolute Gasteiger partial charge is 0.508 e. The normalized spacial score (nSPS) is 19.3. The topological polar surface area (TPSA) is 81.0 Å². The first-order chi connectivity index (χ1) is 15.4. The van der Waals surface area contributed by atoms with Gasteiger partial charge in [-0.1, -0.05) is 36.8 Å². The Hall–Kier alpha value is -3.38. The molecule has 3 aromatic carbocycles. The highest BCUT2D eigenvalue weighted by molar-refractivity contribution is 5.97. The fourth-order valence-corrected chi connectivity index (χ4v) is 4.55. The summed E-state index contributed by atoms with van der Waals surface area (Å²) in [6.45, 7) is 0. The van der Waals surface area contributed by atoms with Crippen LogP contribution >= 0.6 is 0 Å². The molecule has 5 nitrogen and oxygen atoms in total. The number of phenols is 2. The molecule has 0 radical (unpaired) electrons. The van der Waals surface area contributed by atoms with Gasteiger partial charge in [0.05, 0.1) is 12.1 Å². The van der Waals surface area contributed by atoms with Gasteiger partial charge in [-0.25, -0.2) is 4.39 Å². The SMILES string of the molecule is O=C1C[C@H](CCC[C@@H](O)c2ccc(F)cc2)[C@@H](c2ccc(O)cc2O)N1c1ccccc1. The summed E-state index contributed by atoms with van der Waals surface area (Å²) in [5.41, 5.74) is 2.00. The summed E-state index contributed by atoms with van der Waals surface area (Å²) >= 11 is 0. The zero-order valence-corrected chi connectivity index (χ0v) is 17.6. The Bertz CT molecular complexity index is 1070. The highest BCUT2D eigenvalue weighted by Crippen LogP contribution is 2.46. The Morgan fingerprint density at radius 1 is 1.00 bits per heavy atom. The summed E-state index contributed by atoms with van der Waals surface area (Å²) in [6, 6.07) is 19.2. The number of benzene rings is 3. The number of nitrogens with zero attached hydrogens (tertiary/aromatic N) is 1. The zero-order chi connectivity index (χ0) is 22.7. The Morgan fingerprint density at radius 2 is 1.72 bits per heavy atom. The van der Waals surface area contributed by atoms with Crippen LogP contribution in [0.2, 0.25) is 0 Å². The number of aliphatic hydroxyl groups is 1. The second-order valence-electron chi connectivity index (χ2n) is 8.25. The van der Waals surface area contributed by atoms with E-state index in [1.165, 1.54) is 24.3 Å². The maximum absolute atomic E-state index is 13.1. The molecule has 1 aliphatic heterocycles. The van der Waals surface area contributed by atoms with E-state index >= 15 is 0 Å². The van der Waals surface area contributed by atoms with Crippen molar-refractivity contribution < 1.29 is 24.5 Å². The third kappa shape index (κ3) is 4.60. The molecule has 1 fully saturated rings. The fraction of sp³-hybridized carbons (Fsp3) is 0.269. The van der Waals surface area contributed by atoms with Gasteiger partial charge in [0, 0.05) is 23.7 Å². The van der Waals surface area contributed by atoms with Crippen molar-refractivity contribution in [1.29, 1.82) is 0 Å². The van der Waals surface area contributed by atoms with Crippen molar-refractivity contribution in [3.63, 3.8) is 0 Å². The van der Waals surface area contributed by atoms with E-state index in [9.17, 15) is 24.5 Å². The lowest BCUT2D eigenvalue weighted by Gasteiger charge is -2.29. The van der Waals surface area contributed by atoms with E-state index < -0.39 is 6.10 Å². The minimum Gasteiger partial charge on any atom is -0.508 e. The van der Waals surface area contributed by atoms with Gasteiger partial charge in [-0.15, -0.1) is 0 Å². The Balaban J connectivity index is 1.54. The van der Waals surface area contributed by atoms with Crippen LogP contribution in [0.5, 0.6) is 11.5 Å². The molecular weight excluding hydrogens is 409 g/mol. The lowest BCUT2D eigenvalue weighted by molar-refractivity contribution is -0.117. The number of amides is 1. The van der Waals surface area contributed by atoms with Gasteiger partial charge in [0.1, 0.15) is 17.3 Å². The number of aromatic hydroxyl groups is 2. The lowest BCUT2D eigenvalue weighted by atomic mass is 9.88. The number of hydrogen-bond acceptors (Lipinski definition) is 4. The number of rotatable bonds is 7. The molecule has 3 aromatic rings. The van der Waals surface area contributed by atoms with Crippen LogP contribution in [0.25, 0.3) is 0 Å². The summed E-state index contributed by atoms with van der Waals surface area (Å²) in [6.07, 6.45) is 1.42. The van der Waals surface area contributed by atoms with E-state index in [0.717, 1.165) is 5.69 Å². The van der Waals surface area contributed by atoms with Crippen LogP contribution in [-0.4, -0.2) is 21.2 Å². The van der Waals surface area contributed by atoms with Gasteiger partial charge in [0.15, 0.2) is 0 Å². The first-order valence-electron chi connectivity index (χ1n) is 10.8. The van der Waals surface area contributed by atoms with Crippen LogP contribution in [0.4, 0.5) is 10.1 Å². The molecule has 3 atom stereocenters. The molecule has 0 saturated carbocycles. The molecule has 166 valence electrons. The maximum atomic E-state index is 13.1. The standard InChI is InChI=1S/C26H26FNO4/c27-19-11-9-17(10-12-19)23(30)8-4-5-18-15-25(32)28(20-6-2-1-3-7-20)26(18)22-14-13-21(29)16-24(22)31/h1-3,6-7,9-14,16,18,23,26,29-31H,4-5,8,15H2/t18-,23+,26-/m0/s1. The van der Waals surface area contributed by atoms with E-state index in [0.29, 0.717) is 36.8 Å². The van der Waals surface area contributed by atoms with Crippen LogP contribution in [0, 0.1) is 11.7 Å². The molecule has 1 heterocycles. The van der Waals surface area contributed by atoms with Crippen molar-refractivity contribution in [3.8, 4) is 11.5 Å². The Labute approximate surface area is 186 Å². The highest BCUT2D eigenvalue weighted by atomic mass is 19.1. The fourth-order valence-electron chi connectivity index (χ4n) is 4.55. The quantitative estimate of drug-likeness (QED) is 0.474. The summed E-state index contributed by atoms with van der Waals surface area (Å²) in [5, 5.41) is 30.7. The number of halogens is 1. The minimum absolute atomic E-state index is 0.0299. The molecule has 0 aromatic heterocycles. The van der Waals surface area contributed by atoms with Crippen molar-refractivity contribution in [2.45, 2.75) is 37.8 Å². The second-order valence-corrected chi connectivity index (χ2v) is 8.25. The van der Waals surface area contributed by atoms with Crippen molar-refractivity contribution in [3.05, 3.63) is 89.7 Å². The van der Waals surface area contributed by atoms with Gasteiger partial charge in [0.2, 0.25) is 5.91 Å².